The highest BCUT2D eigenvalue weighted by Gasteiger charge is 2.35. The van der Waals surface area contributed by atoms with E-state index in [1.54, 1.807) is 36.6 Å². The van der Waals surface area contributed by atoms with E-state index in [1.165, 1.54) is 11.3 Å². The SMILES string of the molecule is Cc1ccc(-c2nc(CC(=O)NCC(C)(C(=O)O)c3ccccc3)cs2)o1. The van der Waals surface area contributed by atoms with Crippen LogP contribution in [-0.2, 0) is 21.4 Å². The summed E-state index contributed by atoms with van der Waals surface area (Å²) in [7, 11) is 0. The fraction of sp³-hybridized carbons (Fsp3) is 0.250. The molecule has 27 heavy (non-hydrogen) atoms. The van der Waals surface area contributed by atoms with Crippen molar-refractivity contribution in [3.05, 3.63) is 64.9 Å². The van der Waals surface area contributed by atoms with Gasteiger partial charge in [-0.1, -0.05) is 30.3 Å². The molecule has 1 amide bonds. The lowest BCUT2D eigenvalue weighted by molar-refractivity contribution is -0.143. The van der Waals surface area contributed by atoms with Crippen LogP contribution in [-0.4, -0.2) is 28.5 Å². The molecule has 0 saturated carbocycles. The minimum absolute atomic E-state index is 0.000444. The number of carbonyl (C=O) groups is 2. The third-order valence-electron chi connectivity index (χ3n) is 4.37. The van der Waals surface area contributed by atoms with Crippen LogP contribution in [0.1, 0.15) is 23.9 Å². The summed E-state index contributed by atoms with van der Waals surface area (Å²) in [5.74, 6) is 0.212. The van der Waals surface area contributed by atoms with E-state index in [2.05, 4.69) is 10.3 Å². The van der Waals surface area contributed by atoms with Gasteiger partial charge in [-0.15, -0.1) is 11.3 Å². The Morgan fingerprint density at radius 3 is 2.59 bits per heavy atom. The van der Waals surface area contributed by atoms with Crippen LogP contribution in [0.4, 0.5) is 0 Å². The number of carboxylic acids is 1. The van der Waals surface area contributed by atoms with Crippen LogP contribution in [0.3, 0.4) is 0 Å². The molecule has 2 N–H and O–H groups in total. The number of nitrogens with one attached hydrogen (secondary N) is 1. The van der Waals surface area contributed by atoms with Crippen molar-refractivity contribution in [1.29, 1.82) is 0 Å². The number of aliphatic carboxylic acids is 1. The van der Waals surface area contributed by atoms with Crippen molar-refractivity contribution in [3.8, 4) is 10.8 Å². The van der Waals surface area contributed by atoms with Gasteiger partial charge in [0.1, 0.15) is 11.2 Å². The Labute approximate surface area is 160 Å². The first kappa shape index (κ1) is 18.8. The molecule has 0 saturated heterocycles. The molecule has 1 aromatic carbocycles. The van der Waals surface area contributed by atoms with Crippen molar-refractivity contribution in [1.82, 2.24) is 10.3 Å². The summed E-state index contributed by atoms with van der Waals surface area (Å²) in [4.78, 5) is 28.5. The monoisotopic (exact) mass is 384 g/mol. The van der Waals surface area contributed by atoms with Crippen LogP contribution in [0, 0.1) is 6.92 Å². The van der Waals surface area contributed by atoms with E-state index in [-0.39, 0.29) is 18.9 Å². The molecule has 0 aliphatic rings. The standard InChI is InChI=1S/C20H20N2O4S/c1-13-8-9-16(26-13)18-22-15(11-27-18)10-17(23)21-12-20(2,19(24)25)14-6-4-3-5-7-14/h3-9,11H,10,12H2,1-2H3,(H,21,23)(H,24,25). The minimum atomic E-state index is -1.20. The predicted octanol–water partition coefficient (Wildman–Crippen LogP) is 3.41. The number of nitrogens with zero attached hydrogens (tertiary/aromatic N) is 1. The smallest absolute Gasteiger partial charge is 0.315 e. The van der Waals surface area contributed by atoms with E-state index < -0.39 is 11.4 Å². The van der Waals surface area contributed by atoms with Crippen LogP contribution in [0.25, 0.3) is 10.8 Å². The van der Waals surface area contributed by atoms with Gasteiger partial charge in [-0.2, -0.15) is 0 Å². The van der Waals surface area contributed by atoms with Crippen molar-refractivity contribution in [2.45, 2.75) is 25.7 Å². The molecule has 7 heteroatoms. The minimum Gasteiger partial charge on any atom is -0.481 e. The summed E-state index contributed by atoms with van der Waals surface area (Å²) in [5.41, 5.74) is 0.0655. The van der Waals surface area contributed by atoms with Gasteiger partial charge in [-0.05, 0) is 31.5 Å². The van der Waals surface area contributed by atoms with Crippen LogP contribution < -0.4 is 5.32 Å². The first-order valence-corrected chi connectivity index (χ1v) is 9.33. The highest BCUT2D eigenvalue weighted by atomic mass is 32.1. The molecule has 2 heterocycles. The fourth-order valence-corrected chi connectivity index (χ4v) is 3.44. The highest BCUT2D eigenvalue weighted by molar-refractivity contribution is 7.13. The van der Waals surface area contributed by atoms with Gasteiger partial charge in [0.25, 0.3) is 0 Å². The maximum absolute atomic E-state index is 12.3. The largest absolute Gasteiger partial charge is 0.481 e. The second-order valence-electron chi connectivity index (χ2n) is 6.51. The zero-order valence-corrected chi connectivity index (χ0v) is 15.9. The zero-order chi connectivity index (χ0) is 19.4. The third kappa shape index (κ3) is 4.25. The molecule has 1 unspecified atom stereocenters. The van der Waals surface area contributed by atoms with Gasteiger partial charge in [-0.3, -0.25) is 9.59 Å². The van der Waals surface area contributed by atoms with Gasteiger partial charge in [0.15, 0.2) is 10.8 Å². The summed E-state index contributed by atoms with van der Waals surface area (Å²) in [5, 5.41) is 14.9. The molecule has 3 aromatic rings. The van der Waals surface area contributed by atoms with E-state index in [1.807, 2.05) is 25.1 Å². The molecule has 2 aromatic heterocycles. The average molecular weight is 384 g/mol. The number of carbonyl (C=O) groups excluding carboxylic acids is 1. The average Bonchev–Trinajstić information content (AvgIpc) is 3.29. The van der Waals surface area contributed by atoms with Crippen LogP contribution in [0.5, 0.6) is 0 Å². The Morgan fingerprint density at radius 1 is 1.22 bits per heavy atom. The topological polar surface area (TPSA) is 92.4 Å². The summed E-state index contributed by atoms with van der Waals surface area (Å²) >= 11 is 1.40. The summed E-state index contributed by atoms with van der Waals surface area (Å²) in [6.45, 7) is 3.46. The van der Waals surface area contributed by atoms with E-state index >= 15 is 0 Å². The van der Waals surface area contributed by atoms with E-state index in [0.717, 1.165) is 5.76 Å². The molecule has 6 nitrogen and oxygen atoms in total. The maximum atomic E-state index is 12.3. The van der Waals surface area contributed by atoms with Crippen LogP contribution >= 0.6 is 11.3 Å². The normalized spacial score (nSPS) is 13.1. The van der Waals surface area contributed by atoms with Gasteiger partial charge < -0.3 is 14.8 Å². The lowest BCUT2D eigenvalue weighted by Crippen LogP contribution is -2.44. The van der Waals surface area contributed by atoms with Gasteiger partial charge in [-0.25, -0.2) is 4.98 Å². The Bertz CT molecular complexity index is 948. The fourth-order valence-electron chi connectivity index (χ4n) is 2.66. The summed E-state index contributed by atoms with van der Waals surface area (Å²) in [6, 6.07) is 12.6. The molecular formula is C20H20N2O4S. The zero-order valence-electron chi connectivity index (χ0n) is 15.1. The van der Waals surface area contributed by atoms with Gasteiger partial charge in [0.05, 0.1) is 12.1 Å². The van der Waals surface area contributed by atoms with Crippen molar-refractivity contribution in [3.63, 3.8) is 0 Å². The quantitative estimate of drug-likeness (QED) is 0.651. The Balaban J connectivity index is 1.64. The molecule has 140 valence electrons. The van der Waals surface area contributed by atoms with Crippen LogP contribution in [0.15, 0.2) is 52.3 Å². The first-order valence-electron chi connectivity index (χ1n) is 8.45. The Hall–Kier alpha value is -2.93. The molecule has 0 bridgehead atoms. The number of carboxylic acid groups (broad SMARTS) is 1. The first-order chi connectivity index (χ1) is 12.9. The van der Waals surface area contributed by atoms with Crippen molar-refractivity contribution in [2.75, 3.05) is 6.54 Å². The number of hydrogen-bond acceptors (Lipinski definition) is 5. The highest BCUT2D eigenvalue weighted by Crippen LogP contribution is 2.26. The van der Waals surface area contributed by atoms with Gasteiger partial charge in [0, 0.05) is 11.9 Å². The number of furan rings is 1. The maximum Gasteiger partial charge on any atom is 0.315 e. The summed E-state index contributed by atoms with van der Waals surface area (Å²) < 4.78 is 5.54. The van der Waals surface area contributed by atoms with E-state index in [4.69, 9.17) is 4.42 Å². The molecule has 3 rings (SSSR count). The molecule has 0 aliphatic heterocycles. The number of hydrogen-bond donors (Lipinski definition) is 2. The number of amides is 1. The van der Waals surface area contributed by atoms with Crippen molar-refractivity contribution >= 4 is 23.2 Å². The molecule has 0 aliphatic carbocycles. The number of benzene rings is 1. The second-order valence-corrected chi connectivity index (χ2v) is 7.37. The number of aromatic nitrogens is 1. The lowest BCUT2D eigenvalue weighted by atomic mass is 9.82. The molecule has 0 fully saturated rings. The molecule has 1 atom stereocenters. The van der Waals surface area contributed by atoms with Crippen LogP contribution in [0.2, 0.25) is 0 Å². The molecular weight excluding hydrogens is 364 g/mol. The van der Waals surface area contributed by atoms with E-state index in [9.17, 15) is 14.7 Å². The molecule has 0 radical (unpaired) electrons. The van der Waals surface area contributed by atoms with Gasteiger partial charge >= 0.3 is 5.97 Å². The Kier molecular flexibility index (Phi) is 5.41. The Morgan fingerprint density at radius 2 is 1.96 bits per heavy atom. The summed E-state index contributed by atoms with van der Waals surface area (Å²) in [6.07, 6.45) is 0.0840. The van der Waals surface area contributed by atoms with Gasteiger partial charge in [0.2, 0.25) is 5.91 Å². The predicted molar refractivity (Wildman–Crippen MR) is 103 cm³/mol. The number of aryl methyl sites for hydroxylation is 1. The molecule has 0 spiro atoms. The third-order valence-corrected chi connectivity index (χ3v) is 5.27. The second kappa shape index (κ2) is 7.75. The van der Waals surface area contributed by atoms with E-state index in [0.29, 0.717) is 22.0 Å². The number of thiazole rings is 1. The lowest BCUT2D eigenvalue weighted by Gasteiger charge is -2.25. The van der Waals surface area contributed by atoms with Crippen molar-refractivity contribution in [2.24, 2.45) is 0 Å². The number of rotatable bonds is 7. The van der Waals surface area contributed by atoms with Crippen molar-refractivity contribution < 1.29 is 19.1 Å².